The minimum atomic E-state index is 0.585. The van der Waals surface area contributed by atoms with Gasteiger partial charge in [-0.25, -0.2) is 0 Å². The third kappa shape index (κ3) is 2.05. The van der Waals surface area contributed by atoms with Gasteiger partial charge in [-0.05, 0) is 47.7 Å². The summed E-state index contributed by atoms with van der Waals surface area (Å²) in [7, 11) is 0. The van der Waals surface area contributed by atoms with Crippen LogP contribution in [-0.4, -0.2) is 16.7 Å². The van der Waals surface area contributed by atoms with Crippen LogP contribution in [0.1, 0.15) is 11.1 Å². The zero-order valence-corrected chi connectivity index (χ0v) is 11.6. The quantitative estimate of drug-likeness (QED) is 0.785. The maximum Gasteiger partial charge on any atom is 0.258 e. The molecular weight excluding hydrogens is 270 g/mol. The molecule has 0 saturated carbocycles. The summed E-state index contributed by atoms with van der Waals surface area (Å²) < 4.78 is 5.39. The third-order valence-corrected chi connectivity index (χ3v) is 4.37. The van der Waals surface area contributed by atoms with E-state index in [0.717, 1.165) is 30.0 Å². The van der Waals surface area contributed by atoms with E-state index in [9.17, 15) is 0 Å². The second kappa shape index (κ2) is 4.85. The van der Waals surface area contributed by atoms with Crippen molar-refractivity contribution in [1.82, 2.24) is 15.5 Å². The van der Waals surface area contributed by atoms with Crippen molar-refractivity contribution in [3.05, 3.63) is 46.8 Å². The van der Waals surface area contributed by atoms with Crippen molar-refractivity contribution in [3.63, 3.8) is 0 Å². The van der Waals surface area contributed by atoms with Gasteiger partial charge in [0.15, 0.2) is 0 Å². The van der Waals surface area contributed by atoms with Crippen molar-refractivity contribution < 1.29 is 4.52 Å². The first-order valence-corrected chi connectivity index (χ1v) is 7.48. The Labute approximate surface area is 120 Å². The highest BCUT2D eigenvalue weighted by molar-refractivity contribution is 7.13. The number of rotatable bonds is 2. The molecule has 5 heteroatoms. The van der Waals surface area contributed by atoms with Crippen LogP contribution >= 0.6 is 11.3 Å². The van der Waals surface area contributed by atoms with Crippen LogP contribution in [0.2, 0.25) is 0 Å². The van der Waals surface area contributed by atoms with E-state index < -0.39 is 0 Å². The van der Waals surface area contributed by atoms with Crippen LogP contribution in [0.5, 0.6) is 0 Å². The molecule has 0 saturated heterocycles. The van der Waals surface area contributed by atoms with E-state index in [2.05, 4.69) is 33.7 Å². The number of hydrogen-bond donors (Lipinski definition) is 1. The molecule has 1 aliphatic heterocycles. The first-order chi connectivity index (χ1) is 9.90. The standard InChI is InChI=1S/C15H13N3OS/c1-2-13(20-7-1)14-17-15(19-18-14)11-4-3-10-5-6-16-9-12(10)8-11/h1-4,7-8,16H,5-6,9H2. The number of aromatic nitrogens is 2. The summed E-state index contributed by atoms with van der Waals surface area (Å²) in [5.41, 5.74) is 3.72. The SMILES string of the molecule is c1csc(-c2noc(-c3ccc4c(c3)CNCC4)n2)c1. The molecule has 0 aliphatic carbocycles. The van der Waals surface area contributed by atoms with Gasteiger partial charge in [-0.1, -0.05) is 17.3 Å². The second-order valence-electron chi connectivity index (χ2n) is 4.81. The van der Waals surface area contributed by atoms with Crippen molar-refractivity contribution in [2.75, 3.05) is 6.54 Å². The molecule has 0 atom stereocenters. The lowest BCUT2D eigenvalue weighted by atomic mass is 9.98. The Bertz CT molecular complexity index is 733. The molecule has 20 heavy (non-hydrogen) atoms. The minimum Gasteiger partial charge on any atom is -0.334 e. The highest BCUT2D eigenvalue weighted by Crippen LogP contribution is 2.27. The first-order valence-electron chi connectivity index (χ1n) is 6.60. The smallest absolute Gasteiger partial charge is 0.258 e. The van der Waals surface area contributed by atoms with Gasteiger partial charge in [-0.15, -0.1) is 11.3 Å². The molecule has 1 aliphatic rings. The fraction of sp³-hybridized carbons (Fsp3) is 0.200. The fourth-order valence-corrected chi connectivity index (χ4v) is 3.11. The molecule has 0 unspecified atom stereocenters. The normalized spacial score (nSPS) is 14.2. The average molecular weight is 283 g/mol. The van der Waals surface area contributed by atoms with Crippen LogP contribution in [-0.2, 0) is 13.0 Å². The zero-order chi connectivity index (χ0) is 13.4. The van der Waals surface area contributed by atoms with Crippen LogP contribution in [0.4, 0.5) is 0 Å². The van der Waals surface area contributed by atoms with Gasteiger partial charge in [0.2, 0.25) is 5.82 Å². The van der Waals surface area contributed by atoms with Crippen molar-refractivity contribution in [2.24, 2.45) is 0 Å². The predicted octanol–water partition coefficient (Wildman–Crippen LogP) is 3.11. The average Bonchev–Trinajstić information content (AvgIpc) is 3.17. The Hall–Kier alpha value is -1.98. The molecule has 3 heterocycles. The molecule has 0 bridgehead atoms. The van der Waals surface area contributed by atoms with Gasteiger partial charge in [-0.2, -0.15) is 4.98 Å². The molecule has 3 aromatic rings. The number of benzene rings is 1. The van der Waals surface area contributed by atoms with Gasteiger partial charge in [0.25, 0.3) is 5.89 Å². The van der Waals surface area contributed by atoms with Gasteiger partial charge in [0.1, 0.15) is 0 Å². The van der Waals surface area contributed by atoms with Crippen LogP contribution in [0.15, 0.2) is 40.2 Å². The van der Waals surface area contributed by atoms with Gasteiger partial charge in [-0.3, -0.25) is 0 Å². The molecule has 2 aromatic heterocycles. The Morgan fingerprint density at radius 2 is 2.20 bits per heavy atom. The lowest BCUT2D eigenvalue weighted by Gasteiger charge is -2.16. The Kier molecular flexibility index (Phi) is 2.86. The first kappa shape index (κ1) is 11.8. The third-order valence-electron chi connectivity index (χ3n) is 3.51. The summed E-state index contributed by atoms with van der Waals surface area (Å²) in [6, 6.07) is 10.4. The van der Waals surface area contributed by atoms with E-state index in [1.165, 1.54) is 11.1 Å². The van der Waals surface area contributed by atoms with Crippen LogP contribution in [0.3, 0.4) is 0 Å². The van der Waals surface area contributed by atoms with Crippen molar-refractivity contribution in [1.29, 1.82) is 0 Å². The Morgan fingerprint density at radius 1 is 1.20 bits per heavy atom. The van der Waals surface area contributed by atoms with E-state index in [-0.39, 0.29) is 0 Å². The molecule has 0 amide bonds. The molecule has 4 nitrogen and oxygen atoms in total. The largest absolute Gasteiger partial charge is 0.334 e. The van der Waals surface area contributed by atoms with Crippen LogP contribution in [0.25, 0.3) is 22.2 Å². The molecule has 1 aromatic carbocycles. The van der Waals surface area contributed by atoms with Crippen molar-refractivity contribution >= 4 is 11.3 Å². The minimum absolute atomic E-state index is 0.585. The van der Waals surface area contributed by atoms with E-state index in [0.29, 0.717) is 11.7 Å². The molecule has 0 fully saturated rings. The molecule has 0 radical (unpaired) electrons. The van der Waals surface area contributed by atoms with E-state index in [1.807, 2.05) is 17.5 Å². The number of nitrogens with one attached hydrogen (secondary N) is 1. The number of nitrogens with zero attached hydrogens (tertiary/aromatic N) is 2. The maximum absolute atomic E-state index is 5.39. The highest BCUT2D eigenvalue weighted by atomic mass is 32.1. The monoisotopic (exact) mass is 283 g/mol. The van der Waals surface area contributed by atoms with Crippen molar-refractivity contribution in [2.45, 2.75) is 13.0 Å². The lowest BCUT2D eigenvalue weighted by Crippen LogP contribution is -2.23. The fourth-order valence-electron chi connectivity index (χ4n) is 2.46. The highest BCUT2D eigenvalue weighted by Gasteiger charge is 2.14. The summed E-state index contributed by atoms with van der Waals surface area (Å²) in [5.74, 6) is 1.24. The van der Waals surface area contributed by atoms with Gasteiger partial charge in [0, 0.05) is 12.1 Å². The molecule has 100 valence electrons. The second-order valence-corrected chi connectivity index (χ2v) is 5.76. The summed E-state index contributed by atoms with van der Waals surface area (Å²) in [6.45, 7) is 1.96. The zero-order valence-electron chi connectivity index (χ0n) is 10.8. The number of thiophene rings is 1. The number of hydrogen-bond acceptors (Lipinski definition) is 5. The van der Waals surface area contributed by atoms with Crippen molar-refractivity contribution in [3.8, 4) is 22.2 Å². The molecular formula is C15H13N3OS. The van der Waals surface area contributed by atoms with Crippen LogP contribution < -0.4 is 5.32 Å². The summed E-state index contributed by atoms with van der Waals surface area (Å²) in [6.07, 6.45) is 1.08. The maximum atomic E-state index is 5.39. The lowest BCUT2D eigenvalue weighted by molar-refractivity contribution is 0.432. The molecule has 0 spiro atoms. The Balaban J connectivity index is 1.71. The van der Waals surface area contributed by atoms with E-state index in [1.54, 1.807) is 11.3 Å². The van der Waals surface area contributed by atoms with E-state index >= 15 is 0 Å². The Morgan fingerprint density at radius 3 is 3.10 bits per heavy atom. The van der Waals surface area contributed by atoms with Gasteiger partial charge >= 0.3 is 0 Å². The van der Waals surface area contributed by atoms with E-state index in [4.69, 9.17) is 4.52 Å². The summed E-state index contributed by atoms with van der Waals surface area (Å²) in [4.78, 5) is 5.51. The predicted molar refractivity (Wildman–Crippen MR) is 78.5 cm³/mol. The topological polar surface area (TPSA) is 51.0 Å². The number of fused-ring (bicyclic) bond motifs is 1. The molecule has 1 N–H and O–H groups in total. The van der Waals surface area contributed by atoms with Gasteiger partial charge < -0.3 is 9.84 Å². The summed E-state index contributed by atoms with van der Waals surface area (Å²) in [5, 5.41) is 9.45. The summed E-state index contributed by atoms with van der Waals surface area (Å²) >= 11 is 1.61. The van der Waals surface area contributed by atoms with Gasteiger partial charge in [0.05, 0.1) is 4.88 Å². The molecule has 4 rings (SSSR count). The van der Waals surface area contributed by atoms with Crippen LogP contribution in [0, 0.1) is 0 Å².